The molecule has 33 heavy (non-hydrogen) atoms. The van der Waals surface area contributed by atoms with Gasteiger partial charge >= 0.3 is 5.97 Å². The number of aryl methyl sites for hydroxylation is 1. The first-order chi connectivity index (χ1) is 16.0. The molecule has 3 aromatic carbocycles. The van der Waals surface area contributed by atoms with E-state index in [0.29, 0.717) is 35.5 Å². The molecule has 6 heteroatoms. The molecule has 0 spiro atoms. The molecular weight excluding hydrogens is 419 g/mol. The van der Waals surface area contributed by atoms with E-state index in [-0.39, 0.29) is 18.1 Å². The molecule has 170 valence electrons. The van der Waals surface area contributed by atoms with Gasteiger partial charge in [0.2, 0.25) is 0 Å². The second-order valence-corrected chi connectivity index (χ2v) is 7.97. The highest BCUT2D eigenvalue weighted by molar-refractivity contribution is 5.98. The summed E-state index contributed by atoms with van der Waals surface area (Å²) in [7, 11) is 1.57. The van der Waals surface area contributed by atoms with Crippen LogP contribution in [-0.4, -0.2) is 22.8 Å². The van der Waals surface area contributed by atoms with Gasteiger partial charge in [0.05, 0.1) is 19.2 Å². The van der Waals surface area contributed by atoms with Crippen molar-refractivity contribution in [2.45, 2.75) is 33.0 Å². The van der Waals surface area contributed by atoms with E-state index in [9.17, 15) is 14.3 Å². The highest BCUT2D eigenvalue weighted by Crippen LogP contribution is 2.31. The number of methoxy groups -OCH3 is 1. The summed E-state index contributed by atoms with van der Waals surface area (Å²) in [5, 5.41) is 14.3. The lowest BCUT2D eigenvalue weighted by Crippen LogP contribution is -2.17. The summed E-state index contributed by atoms with van der Waals surface area (Å²) in [5.41, 5.74) is 4.34. The molecule has 5 nitrogen and oxygen atoms in total. The highest BCUT2D eigenvalue weighted by atomic mass is 19.1. The molecule has 1 aromatic heterocycles. The maximum atomic E-state index is 14.4. The van der Waals surface area contributed by atoms with Gasteiger partial charge in [0, 0.05) is 35.7 Å². The van der Waals surface area contributed by atoms with Crippen molar-refractivity contribution in [1.82, 2.24) is 9.88 Å². The zero-order valence-corrected chi connectivity index (χ0v) is 18.8. The number of carboxylic acid groups (broad SMARTS) is 1. The predicted octanol–water partition coefficient (Wildman–Crippen LogP) is 5.39. The largest absolute Gasteiger partial charge is 0.497 e. The predicted molar refractivity (Wildman–Crippen MR) is 127 cm³/mol. The summed E-state index contributed by atoms with van der Waals surface area (Å²) >= 11 is 0. The first kappa shape index (κ1) is 22.6. The number of ether oxygens (including phenoxy) is 1. The molecule has 0 fully saturated rings. The Morgan fingerprint density at radius 3 is 2.42 bits per heavy atom. The zero-order valence-electron chi connectivity index (χ0n) is 18.8. The minimum absolute atomic E-state index is 0.108. The van der Waals surface area contributed by atoms with Gasteiger partial charge in [-0.1, -0.05) is 49.4 Å². The topological polar surface area (TPSA) is 63.5 Å². The van der Waals surface area contributed by atoms with Crippen LogP contribution in [0.25, 0.3) is 10.9 Å². The summed E-state index contributed by atoms with van der Waals surface area (Å²) in [6, 6.07) is 20.3. The Balaban J connectivity index is 1.72. The molecule has 1 heterocycles. The lowest BCUT2D eigenvalue weighted by Gasteiger charge is -2.11. The van der Waals surface area contributed by atoms with Gasteiger partial charge in [-0.15, -0.1) is 0 Å². The lowest BCUT2D eigenvalue weighted by molar-refractivity contribution is 0.0684. The Morgan fingerprint density at radius 1 is 1.03 bits per heavy atom. The van der Waals surface area contributed by atoms with Crippen LogP contribution in [0.1, 0.15) is 39.7 Å². The number of aromatic nitrogens is 1. The minimum Gasteiger partial charge on any atom is -0.497 e. The van der Waals surface area contributed by atoms with Crippen molar-refractivity contribution in [3.05, 3.63) is 100 Å². The van der Waals surface area contributed by atoms with Crippen molar-refractivity contribution in [3.63, 3.8) is 0 Å². The number of hydrogen-bond acceptors (Lipinski definition) is 3. The van der Waals surface area contributed by atoms with Crippen molar-refractivity contribution in [3.8, 4) is 5.75 Å². The molecule has 4 aromatic rings. The van der Waals surface area contributed by atoms with Gasteiger partial charge in [-0.05, 0) is 35.7 Å². The van der Waals surface area contributed by atoms with Crippen molar-refractivity contribution in [2.75, 3.05) is 7.11 Å². The number of carbonyl (C=O) groups is 1. The molecular formula is C27H27FN2O3. The summed E-state index contributed by atoms with van der Waals surface area (Å²) in [4.78, 5) is 12.4. The van der Waals surface area contributed by atoms with Crippen LogP contribution < -0.4 is 10.1 Å². The lowest BCUT2D eigenvalue weighted by atomic mass is 10.1. The first-order valence-electron chi connectivity index (χ1n) is 11.0. The van der Waals surface area contributed by atoms with Crippen LogP contribution in [-0.2, 0) is 26.1 Å². The number of halogens is 1. The first-order valence-corrected chi connectivity index (χ1v) is 11.0. The van der Waals surface area contributed by atoms with Gasteiger partial charge in [0.1, 0.15) is 17.3 Å². The average molecular weight is 447 g/mol. The third-order valence-electron chi connectivity index (χ3n) is 5.93. The fourth-order valence-corrected chi connectivity index (χ4v) is 4.14. The van der Waals surface area contributed by atoms with E-state index in [0.717, 1.165) is 17.4 Å². The second kappa shape index (κ2) is 9.88. The molecule has 0 atom stereocenters. The van der Waals surface area contributed by atoms with Crippen LogP contribution in [0, 0.1) is 5.82 Å². The Bertz CT molecular complexity index is 1280. The van der Waals surface area contributed by atoms with Crippen LogP contribution in [0.3, 0.4) is 0 Å². The fourth-order valence-electron chi connectivity index (χ4n) is 4.14. The molecule has 0 amide bonds. The SMILES string of the molecule is CCc1ccc(CNCc2c(C(=O)O)n(Cc3ccccc3F)c3cc(OC)ccc23)cc1. The van der Waals surface area contributed by atoms with Crippen molar-refractivity contribution in [1.29, 1.82) is 0 Å². The highest BCUT2D eigenvalue weighted by Gasteiger charge is 2.23. The normalized spacial score (nSPS) is 11.1. The number of fused-ring (bicyclic) bond motifs is 1. The van der Waals surface area contributed by atoms with Crippen LogP contribution in [0.2, 0.25) is 0 Å². The quantitative estimate of drug-likeness (QED) is 0.362. The second-order valence-electron chi connectivity index (χ2n) is 7.97. The Hall–Kier alpha value is -3.64. The number of benzene rings is 3. The maximum absolute atomic E-state index is 14.4. The summed E-state index contributed by atoms with van der Waals surface area (Å²) in [5.74, 6) is -0.804. The molecule has 0 bridgehead atoms. The number of aromatic carboxylic acids is 1. The number of carboxylic acids is 1. The van der Waals surface area contributed by atoms with Crippen molar-refractivity contribution < 1.29 is 19.0 Å². The Labute approximate surface area is 192 Å². The van der Waals surface area contributed by atoms with Crippen LogP contribution >= 0.6 is 0 Å². The Kier molecular flexibility index (Phi) is 6.75. The summed E-state index contributed by atoms with van der Waals surface area (Å²) in [6.45, 7) is 3.20. The third-order valence-corrected chi connectivity index (χ3v) is 5.93. The van der Waals surface area contributed by atoms with E-state index in [1.165, 1.54) is 11.6 Å². The van der Waals surface area contributed by atoms with Gasteiger partial charge < -0.3 is 19.7 Å². The molecule has 0 aliphatic rings. The number of rotatable bonds is 9. The van der Waals surface area contributed by atoms with Crippen LogP contribution in [0.4, 0.5) is 4.39 Å². The summed E-state index contributed by atoms with van der Waals surface area (Å²) in [6.07, 6.45) is 0.987. The molecule has 0 unspecified atom stereocenters. The fraction of sp³-hybridized carbons (Fsp3) is 0.222. The van der Waals surface area contributed by atoms with Gasteiger partial charge in [0.25, 0.3) is 0 Å². The minimum atomic E-state index is -1.05. The smallest absolute Gasteiger partial charge is 0.352 e. The molecule has 0 saturated carbocycles. The van der Waals surface area contributed by atoms with Gasteiger partial charge in [-0.3, -0.25) is 0 Å². The number of nitrogens with zero attached hydrogens (tertiary/aromatic N) is 1. The molecule has 4 rings (SSSR count). The van der Waals surface area contributed by atoms with Gasteiger partial charge in [-0.25, -0.2) is 9.18 Å². The molecule has 0 aliphatic carbocycles. The van der Waals surface area contributed by atoms with E-state index < -0.39 is 5.97 Å². The standard InChI is InChI=1S/C27H27FN2O3/c1-3-18-8-10-19(11-9-18)15-29-16-23-22-13-12-21(33-2)14-25(22)30(26(23)27(31)32)17-20-6-4-5-7-24(20)28/h4-14,29H,3,15-17H2,1-2H3,(H,31,32). The van der Waals surface area contributed by atoms with E-state index in [2.05, 4.69) is 36.5 Å². The van der Waals surface area contributed by atoms with Crippen molar-refractivity contribution in [2.24, 2.45) is 0 Å². The zero-order chi connectivity index (χ0) is 23.4. The third kappa shape index (κ3) is 4.76. The van der Waals surface area contributed by atoms with Crippen molar-refractivity contribution >= 4 is 16.9 Å². The number of hydrogen-bond donors (Lipinski definition) is 2. The maximum Gasteiger partial charge on any atom is 0.352 e. The average Bonchev–Trinajstić information content (AvgIpc) is 3.13. The number of nitrogens with one attached hydrogen (secondary N) is 1. The monoisotopic (exact) mass is 446 g/mol. The molecule has 0 aliphatic heterocycles. The molecule has 0 saturated heterocycles. The van der Waals surface area contributed by atoms with Crippen LogP contribution in [0.15, 0.2) is 66.7 Å². The van der Waals surface area contributed by atoms with Crippen LogP contribution in [0.5, 0.6) is 5.75 Å². The van der Waals surface area contributed by atoms with Gasteiger partial charge in [0.15, 0.2) is 0 Å². The Morgan fingerprint density at radius 2 is 1.76 bits per heavy atom. The summed E-state index contributed by atoms with van der Waals surface area (Å²) < 4.78 is 21.4. The molecule has 0 radical (unpaired) electrons. The van der Waals surface area contributed by atoms with E-state index in [1.807, 2.05) is 12.1 Å². The molecule has 2 N–H and O–H groups in total. The van der Waals surface area contributed by atoms with E-state index >= 15 is 0 Å². The van der Waals surface area contributed by atoms with E-state index in [1.54, 1.807) is 35.9 Å². The van der Waals surface area contributed by atoms with E-state index in [4.69, 9.17) is 4.74 Å². The van der Waals surface area contributed by atoms with Gasteiger partial charge in [-0.2, -0.15) is 0 Å².